The summed E-state index contributed by atoms with van der Waals surface area (Å²) in [6, 6.07) is 15.9. The summed E-state index contributed by atoms with van der Waals surface area (Å²) in [5.41, 5.74) is 2.09. The molecule has 0 aliphatic heterocycles. The van der Waals surface area contributed by atoms with Gasteiger partial charge < -0.3 is 4.74 Å². The van der Waals surface area contributed by atoms with E-state index in [-0.39, 0.29) is 0 Å². The van der Waals surface area contributed by atoms with Crippen LogP contribution in [0.4, 0.5) is 0 Å². The SMILES string of the molecule is COc1ccc(SCc2c(CSc3ccc(Cl)cc3)nn(C)c2Cl)cc1. The van der Waals surface area contributed by atoms with E-state index < -0.39 is 0 Å². The molecule has 0 spiro atoms. The molecule has 0 saturated heterocycles. The molecule has 3 nitrogen and oxygen atoms in total. The van der Waals surface area contributed by atoms with Gasteiger partial charge in [-0.3, -0.25) is 4.68 Å². The summed E-state index contributed by atoms with van der Waals surface area (Å²) < 4.78 is 6.94. The van der Waals surface area contributed by atoms with Gasteiger partial charge in [-0.05, 0) is 48.5 Å². The van der Waals surface area contributed by atoms with Crippen molar-refractivity contribution < 1.29 is 4.74 Å². The van der Waals surface area contributed by atoms with E-state index in [2.05, 4.69) is 17.2 Å². The third kappa shape index (κ3) is 4.92. The van der Waals surface area contributed by atoms with Gasteiger partial charge >= 0.3 is 0 Å². The van der Waals surface area contributed by atoms with Crippen LogP contribution in [0.25, 0.3) is 0 Å². The molecule has 3 rings (SSSR count). The Morgan fingerprint density at radius 1 is 0.923 bits per heavy atom. The molecular formula is C19H18Cl2N2OS2. The maximum atomic E-state index is 6.47. The fraction of sp³-hybridized carbons (Fsp3) is 0.211. The molecule has 2 aromatic carbocycles. The molecule has 1 aromatic heterocycles. The lowest BCUT2D eigenvalue weighted by atomic mass is 10.3. The molecule has 0 unspecified atom stereocenters. The molecule has 1 heterocycles. The van der Waals surface area contributed by atoms with Gasteiger partial charge in [0, 0.05) is 38.9 Å². The van der Waals surface area contributed by atoms with Gasteiger partial charge in [0.15, 0.2) is 0 Å². The third-order valence-electron chi connectivity index (χ3n) is 3.78. The maximum absolute atomic E-state index is 6.47. The zero-order valence-corrected chi connectivity index (χ0v) is 17.6. The number of nitrogens with zero attached hydrogens (tertiary/aromatic N) is 2. The van der Waals surface area contributed by atoms with Crippen LogP contribution in [0.15, 0.2) is 58.3 Å². The number of hydrogen-bond acceptors (Lipinski definition) is 4. The second-order valence-corrected chi connectivity index (χ2v) is 8.44. The molecule has 136 valence electrons. The van der Waals surface area contributed by atoms with E-state index in [0.717, 1.165) is 38.4 Å². The van der Waals surface area contributed by atoms with E-state index in [0.29, 0.717) is 5.15 Å². The van der Waals surface area contributed by atoms with E-state index in [1.807, 2.05) is 43.4 Å². The Hall–Kier alpha value is -1.27. The van der Waals surface area contributed by atoms with Crippen molar-refractivity contribution in [3.05, 3.63) is 70.0 Å². The molecule has 26 heavy (non-hydrogen) atoms. The number of benzene rings is 2. The Morgan fingerprint density at radius 3 is 2.12 bits per heavy atom. The topological polar surface area (TPSA) is 27.1 Å². The largest absolute Gasteiger partial charge is 0.497 e. The summed E-state index contributed by atoms with van der Waals surface area (Å²) >= 11 is 15.9. The quantitative estimate of drug-likeness (QED) is 0.414. The second kappa shape index (κ2) is 9.09. The van der Waals surface area contributed by atoms with E-state index in [9.17, 15) is 0 Å². The number of halogens is 2. The summed E-state index contributed by atoms with van der Waals surface area (Å²) in [6.07, 6.45) is 0. The van der Waals surface area contributed by atoms with Crippen LogP contribution in [-0.4, -0.2) is 16.9 Å². The van der Waals surface area contributed by atoms with E-state index >= 15 is 0 Å². The summed E-state index contributed by atoms with van der Waals surface area (Å²) in [5, 5.41) is 6.02. The van der Waals surface area contributed by atoms with Crippen molar-refractivity contribution in [2.45, 2.75) is 21.3 Å². The van der Waals surface area contributed by atoms with E-state index in [1.54, 1.807) is 35.3 Å². The number of rotatable bonds is 7. The molecule has 0 bridgehead atoms. The van der Waals surface area contributed by atoms with Crippen LogP contribution in [0.5, 0.6) is 5.75 Å². The highest BCUT2D eigenvalue weighted by Gasteiger charge is 2.15. The Morgan fingerprint density at radius 2 is 1.50 bits per heavy atom. The smallest absolute Gasteiger partial charge is 0.131 e. The van der Waals surface area contributed by atoms with Gasteiger partial charge in [-0.1, -0.05) is 23.2 Å². The molecule has 0 radical (unpaired) electrons. The van der Waals surface area contributed by atoms with Crippen LogP contribution in [0.1, 0.15) is 11.3 Å². The zero-order chi connectivity index (χ0) is 18.5. The van der Waals surface area contributed by atoms with E-state index in [1.165, 1.54) is 4.90 Å². The Balaban J connectivity index is 1.68. The first-order chi connectivity index (χ1) is 12.6. The van der Waals surface area contributed by atoms with Crippen molar-refractivity contribution in [3.8, 4) is 5.75 Å². The van der Waals surface area contributed by atoms with Gasteiger partial charge in [-0.25, -0.2) is 0 Å². The van der Waals surface area contributed by atoms with Crippen molar-refractivity contribution in [3.63, 3.8) is 0 Å². The van der Waals surface area contributed by atoms with Crippen molar-refractivity contribution in [2.75, 3.05) is 7.11 Å². The third-order valence-corrected chi connectivity index (χ3v) is 6.57. The van der Waals surface area contributed by atoms with Crippen LogP contribution >= 0.6 is 46.7 Å². The fourth-order valence-electron chi connectivity index (χ4n) is 2.37. The number of hydrogen-bond donors (Lipinski definition) is 0. The van der Waals surface area contributed by atoms with Crippen LogP contribution in [0.3, 0.4) is 0 Å². The normalized spacial score (nSPS) is 10.9. The average Bonchev–Trinajstić information content (AvgIpc) is 2.93. The highest BCUT2D eigenvalue weighted by atomic mass is 35.5. The van der Waals surface area contributed by atoms with Crippen molar-refractivity contribution in [1.82, 2.24) is 9.78 Å². The molecule has 0 fully saturated rings. The van der Waals surface area contributed by atoms with Crippen LogP contribution in [0, 0.1) is 0 Å². The lowest BCUT2D eigenvalue weighted by Gasteiger charge is -2.05. The summed E-state index contributed by atoms with van der Waals surface area (Å²) in [7, 11) is 3.54. The first-order valence-corrected chi connectivity index (χ1v) is 10.6. The zero-order valence-electron chi connectivity index (χ0n) is 14.4. The van der Waals surface area contributed by atoms with Gasteiger partial charge in [0.25, 0.3) is 0 Å². The minimum absolute atomic E-state index is 0.692. The Bertz CT molecular complexity index is 864. The molecule has 0 atom stereocenters. The first-order valence-electron chi connectivity index (χ1n) is 7.92. The van der Waals surface area contributed by atoms with Crippen molar-refractivity contribution >= 4 is 46.7 Å². The van der Waals surface area contributed by atoms with Gasteiger partial charge in [-0.15, -0.1) is 23.5 Å². The average molecular weight is 425 g/mol. The molecule has 0 amide bonds. The minimum atomic E-state index is 0.692. The van der Waals surface area contributed by atoms with Crippen molar-refractivity contribution in [1.29, 1.82) is 0 Å². The van der Waals surface area contributed by atoms with Gasteiger partial charge in [-0.2, -0.15) is 5.10 Å². The molecule has 0 aliphatic carbocycles. The molecule has 3 aromatic rings. The summed E-state index contributed by atoms with van der Waals surface area (Å²) in [6.45, 7) is 0. The fourth-order valence-corrected chi connectivity index (χ4v) is 4.59. The van der Waals surface area contributed by atoms with Gasteiger partial charge in [0.05, 0.1) is 12.8 Å². The van der Waals surface area contributed by atoms with E-state index in [4.69, 9.17) is 27.9 Å². The Labute approximate surface area is 172 Å². The predicted molar refractivity (Wildman–Crippen MR) is 112 cm³/mol. The van der Waals surface area contributed by atoms with Gasteiger partial charge in [0.2, 0.25) is 0 Å². The molecule has 7 heteroatoms. The van der Waals surface area contributed by atoms with Crippen molar-refractivity contribution in [2.24, 2.45) is 7.05 Å². The molecule has 0 N–H and O–H groups in total. The summed E-state index contributed by atoms with van der Waals surface area (Å²) in [4.78, 5) is 2.33. The number of methoxy groups -OCH3 is 1. The first kappa shape index (κ1) is 19.5. The highest BCUT2D eigenvalue weighted by molar-refractivity contribution is 7.99. The van der Waals surface area contributed by atoms with Crippen LogP contribution in [-0.2, 0) is 18.6 Å². The van der Waals surface area contributed by atoms with Crippen LogP contribution < -0.4 is 4.74 Å². The Kier molecular flexibility index (Phi) is 6.81. The van der Waals surface area contributed by atoms with Crippen LogP contribution in [0.2, 0.25) is 10.2 Å². The lowest BCUT2D eigenvalue weighted by molar-refractivity contribution is 0.414. The number of aryl methyl sites for hydroxylation is 1. The second-order valence-electron chi connectivity index (χ2n) is 5.55. The lowest BCUT2D eigenvalue weighted by Crippen LogP contribution is -1.91. The number of aromatic nitrogens is 2. The molecular weight excluding hydrogens is 407 g/mol. The maximum Gasteiger partial charge on any atom is 0.131 e. The summed E-state index contributed by atoms with van der Waals surface area (Å²) in [5.74, 6) is 2.39. The monoisotopic (exact) mass is 424 g/mol. The molecule has 0 aliphatic rings. The number of thioether (sulfide) groups is 2. The highest BCUT2D eigenvalue weighted by Crippen LogP contribution is 2.33. The van der Waals surface area contributed by atoms with Gasteiger partial charge in [0.1, 0.15) is 10.9 Å². The minimum Gasteiger partial charge on any atom is -0.497 e. The molecule has 0 saturated carbocycles. The predicted octanol–water partition coefficient (Wildman–Crippen LogP) is 6.32. The number of ether oxygens (including phenoxy) is 1. The standard InChI is InChI=1S/C19H18Cl2N2OS2/c1-23-19(21)17(11-25-16-9-5-14(24-2)6-10-16)18(22-23)12-26-15-7-3-13(20)4-8-15/h3-10H,11-12H2,1-2H3.